The van der Waals surface area contributed by atoms with E-state index in [-0.39, 0.29) is 23.9 Å². The van der Waals surface area contributed by atoms with Gasteiger partial charge in [0.2, 0.25) is 11.8 Å². The third kappa shape index (κ3) is 1.74. The van der Waals surface area contributed by atoms with Crippen LogP contribution in [0.1, 0.15) is 52.9 Å². The lowest BCUT2D eigenvalue weighted by atomic mass is 9.87. The molecule has 1 N–H and O–H groups in total. The van der Waals surface area contributed by atoms with Crippen molar-refractivity contribution in [1.82, 2.24) is 10.2 Å². The molecule has 1 saturated carbocycles. The number of nitrogens with one attached hydrogen (secondary N) is 1. The highest BCUT2D eigenvalue weighted by Crippen LogP contribution is 2.39. The molecule has 0 aromatic heterocycles. The van der Waals surface area contributed by atoms with E-state index in [1.54, 1.807) is 0 Å². The van der Waals surface area contributed by atoms with Crippen LogP contribution in [-0.4, -0.2) is 34.3 Å². The lowest BCUT2D eigenvalue weighted by molar-refractivity contribution is -0.160. The maximum atomic E-state index is 12.4. The number of amides is 2. The van der Waals surface area contributed by atoms with Crippen molar-refractivity contribution >= 4 is 11.8 Å². The molecule has 0 bridgehead atoms. The molecule has 96 valence electrons. The van der Waals surface area contributed by atoms with Gasteiger partial charge in [0.25, 0.3) is 0 Å². The van der Waals surface area contributed by atoms with E-state index in [0.717, 1.165) is 25.7 Å². The molecule has 1 spiro atoms. The Labute approximate surface area is 103 Å². The summed E-state index contributed by atoms with van der Waals surface area (Å²) in [4.78, 5) is 26.6. The van der Waals surface area contributed by atoms with Crippen LogP contribution in [0.25, 0.3) is 0 Å². The second-order valence-corrected chi connectivity index (χ2v) is 5.47. The van der Waals surface area contributed by atoms with Gasteiger partial charge < -0.3 is 10.2 Å². The summed E-state index contributed by atoms with van der Waals surface area (Å²) in [6.07, 6.45) is 4.39. The van der Waals surface area contributed by atoms with E-state index in [4.69, 9.17) is 0 Å². The minimum atomic E-state index is -0.545. The van der Waals surface area contributed by atoms with E-state index < -0.39 is 5.54 Å². The maximum Gasteiger partial charge on any atom is 0.246 e. The molecule has 17 heavy (non-hydrogen) atoms. The molecule has 4 heteroatoms. The van der Waals surface area contributed by atoms with Crippen LogP contribution >= 0.6 is 0 Å². The average molecular weight is 238 g/mol. The van der Waals surface area contributed by atoms with Gasteiger partial charge in [-0.2, -0.15) is 0 Å². The van der Waals surface area contributed by atoms with Gasteiger partial charge in [-0.05, 0) is 33.1 Å². The minimum absolute atomic E-state index is 0.0650. The van der Waals surface area contributed by atoms with E-state index in [0.29, 0.717) is 6.42 Å². The first-order valence-electron chi connectivity index (χ1n) is 6.67. The second kappa shape index (κ2) is 4.31. The van der Waals surface area contributed by atoms with Crippen molar-refractivity contribution in [2.75, 3.05) is 0 Å². The number of piperazine rings is 1. The minimum Gasteiger partial charge on any atom is -0.342 e. The largest absolute Gasteiger partial charge is 0.342 e. The molecular formula is C13H22N2O2. The van der Waals surface area contributed by atoms with Gasteiger partial charge >= 0.3 is 0 Å². The predicted octanol–water partition coefficient (Wildman–Crippen LogP) is 1.44. The highest BCUT2D eigenvalue weighted by Gasteiger charge is 2.54. The molecule has 1 aliphatic carbocycles. The highest BCUT2D eigenvalue weighted by atomic mass is 16.2. The van der Waals surface area contributed by atoms with Crippen molar-refractivity contribution < 1.29 is 9.59 Å². The summed E-state index contributed by atoms with van der Waals surface area (Å²) in [7, 11) is 0. The van der Waals surface area contributed by atoms with Crippen molar-refractivity contribution in [2.24, 2.45) is 0 Å². The molecule has 1 heterocycles. The van der Waals surface area contributed by atoms with Crippen LogP contribution in [0.2, 0.25) is 0 Å². The molecule has 0 radical (unpaired) electrons. The number of rotatable bonds is 2. The molecule has 1 aliphatic heterocycles. The fraction of sp³-hybridized carbons (Fsp3) is 0.846. The van der Waals surface area contributed by atoms with Gasteiger partial charge in [-0.25, -0.2) is 0 Å². The SMILES string of the molecule is CCC1NC(=O)C2(CCCC2)N(C(C)C)C1=O. The van der Waals surface area contributed by atoms with E-state index in [1.165, 1.54) is 0 Å². The van der Waals surface area contributed by atoms with Crippen LogP contribution in [0.3, 0.4) is 0 Å². The van der Waals surface area contributed by atoms with Gasteiger partial charge in [-0.15, -0.1) is 0 Å². The summed E-state index contributed by atoms with van der Waals surface area (Å²) < 4.78 is 0. The first-order valence-corrected chi connectivity index (χ1v) is 6.67. The summed E-state index contributed by atoms with van der Waals surface area (Å²) in [5.74, 6) is 0.166. The monoisotopic (exact) mass is 238 g/mol. The van der Waals surface area contributed by atoms with Crippen molar-refractivity contribution in [1.29, 1.82) is 0 Å². The molecule has 1 unspecified atom stereocenters. The van der Waals surface area contributed by atoms with Crippen LogP contribution in [-0.2, 0) is 9.59 Å². The van der Waals surface area contributed by atoms with E-state index in [9.17, 15) is 9.59 Å². The molecule has 1 saturated heterocycles. The first kappa shape index (κ1) is 12.4. The lowest BCUT2D eigenvalue weighted by Crippen LogP contribution is -2.71. The summed E-state index contributed by atoms with van der Waals surface area (Å²) in [5.41, 5.74) is -0.545. The van der Waals surface area contributed by atoms with Gasteiger partial charge in [0, 0.05) is 6.04 Å². The van der Waals surface area contributed by atoms with Crippen molar-refractivity contribution in [3.8, 4) is 0 Å². The predicted molar refractivity (Wildman–Crippen MR) is 65.4 cm³/mol. The molecule has 2 rings (SSSR count). The van der Waals surface area contributed by atoms with Gasteiger partial charge in [-0.3, -0.25) is 9.59 Å². The Morgan fingerprint density at radius 1 is 1.35 bits per heavy atom. The molecular weight excluding hydrogens is 216 g/mol. The number of hydrogen-bond acceptors (Lipinski definition) is 2. The zero-order valence-corrected chi connectivity index (χ0v) is 11.0. The van der Waals surface area contributed by atoms with Gasteiger partial charge in [0.1, 0.15) is 11.6 Å². The van der Waals surface area contributed by atoms with Crippen LogP contribution in [0.4, 0.5) is 0 Å². The third-order valence-corrected chi connectivity index (χ3v) is 4.08. The van der Waals surface area contributed by atoms with Crippen LogP contribution in [0, 0.1) is 0 Å². The summed E-state index contributed by atoms with van der Waals surface area (Å²) in [6, 6.07) is -0.225. The van der Waals surface area contributed by atoms with Crippen LogP contribution in [0.5, 0.6) is 0 Å². The Balaban J connectivity index is 2.37. The standard InChI is InChI=1S/C13H22N2O2/c1-4-10-11(16)15(9(2)3)13(12(17)14-10)7-5-6-8-13/h9-10H,4-8H2,1-3H3,(H,14,17). The Kier molecular flexibility index (Phi) is 3.15. The summed E-state index contributed by atoms with van der Waals surface area (Å²) in [6.45, 7) is 5.95. The normalized spacial score (nSPS) is 28.0. The van der Waals surface area contributed by atoms with E-state index >= 15 is 0 Å². The molecule has 2 aliphatic rings. The molecule has 1 atom stereocenters. The Bertz CT molecular complexity index is 332. The second-order valence-electron chi connectivity index (χ2n) is 5.47. The maximum absolute atomic E-state index is 12.4. The highest BCUT2D eigenvalue weighted by molar-refractivity contribution is 6.00. The fourth-order valence-corrected chi connectivity index (χ4v) is 3.30. The number of hydrogen-bond donors (Lipinski definition) is 1. The quantitative estimate of drug-likeness (QED) is 0.791. The van der Waals surface area contributed by atoms with Gasteiger partial charge in [0.05, 0.1) is 0 Å². The summed E-state index contributed by atoms with van der Waals surface area (Å²) in [5, 5.41) is 2.90. The Hall–Kier alpha value is -1.06. The molecule has 2 fully saturated rings. The van der Waals surface area contributed by atoms with Gasteiger partial charge in [0.15, 0.2) is 0 Å². The van der Waals surface area contributed by atoms with E-state index in [1.807, 2.05) is 25.7 Å². The lowest BCUT2D eigenvalue weighted by Gasteiger charge is -2.48. The topological polar surface area (TPSA) is 49.4 Å². The Morgan fingerprint density at radius 3 is 2.41 bits per heavy atom. The van der Waals surface area contributed by atoms with Crippen molar-refractivity contribution in [2.45, 2.75) is 70.5 Å². The molecule has 2 amide bonds. The molecule has 0 aromatic carbocycles. The third-order valence-electron chi connectivity index (χ3n) is 4.08. The number of nitrogens with zero attached hydrogens (tertiary/aromatic N) is 1. The van der Waals surface area contributed by atoms with E-state index in [2.05, 4.69) is 5.32 Å². The fourth-order valence-electron chi connectivity index (χ4n) is 3.30. The Morgan fingerprint density at radius 2 is 1.94 bits per heavy atom. The van der Waals surface area contributed by atoms with Crippen LogP contribution in [0.15, 0.2) is 0 Å². The van der Waals surface area contributed by atoms with Crippen molar-refractivity contribution in [3.63, 3.8) is 0 Å². The average Bonchev–Trinajstić information content (AvgIpc) is 2.73. The number of carbonyl (C=O) groups is 2. The molecule has 0 aromatic rings. The smallest absolute Gasteiger partial charge is 0.246 e. The van der Waals surface area contributed by atoms with Crippen molar-refractivity contribution in [3.05, 3.63) is 0 Å². The van der Waals surface area contributed by atoms with Crippen LogP contribution < -0.4 is 5.32 Å². The number of carbonyl (C=O) groups excluding carboxylic acids is 2. The zero-order chi connectivity index (χ0) is 12.6. The molecule has 4 nitrogen and oxygen atoms in total. The summed E-state index contributed by atoms with van der Waals surface area (Å²) >= 11 is 0. The zero-order valence-electron chi connectivity index (χ0n) is 11.0. The first-order chi connectivity index (χ1) is 8.03. The van der Waals surface area contributed by atoms with Gasteiger partial charge in [-0.1, -0.05) is 19.8 Å².